The van der Waals surface area contributed by atoms with Crippen molar-refractivity contribution in [3.05, 3.63) is 83.3 Å². The number of H-pyrrole nitrogens is 1. The molecule has 2 unspecified atom stereocenters. The van der Waals surface area contributed by atoms with Crippen molar-refractivity contribution in [3.63, 3.8) is 0 Å². The average molecular weight is 766 g/mol. The van der Waals surface area contributed by atoms with Crippen molar-refractivity contribution >= 4 is 34.5 Å². The van der Waals surface area contributed by atoms with Gasteiger partial charge < -0.3 is 31.0 Å². The molecule has 0 spiro atoms. The molecule has 2 aliphatic rings. The predicted octanol–water partition coefficient (Wildman–Crippen LogP) is 6.12. The van der Waals surface area contributed by atoms with E-state index in [2.05, 4.69) is 32.8 Å². The standard InChI is InChI=1S/C42H54F3N5O5/c1-6-25(4)36(47-35(52)23-28-12-9-10-15-32(28)43)39(53)50-41(40(54)49-38(26(5)7-2)48-34(51)22-27-17-20-55-21-18-27)19-16-33-30(24-41)29-13-11-14-31(37(29)46-33)42(44,45)8-3/h8-15,25-27,36,38,46H,3,6-7,16-24H2,1-2,4-5H3,(H,47,52)(H,48,51)(H,49,54)(H,50,53)/t25?,26?,36-,38-,41+/m0/s1. The van der Waals surface area contributed by atoms with Crippen molar-refractivity contribution < 1.29 is 37.1 Å². The Kier molecular flexibility index (Phi) is 13.5. The number of aryl methyl sites for hydroxylation is 1. The van der Waals surface area contributed by atoms with Gasteiger partial charge in [-0.2, -0.15) is 8.78 Å². The number of amides is 4. The molecular weight excluding hydrogens is 711 g/mol. The second-order valence-electron chi connectivity index (χ2n) is 15.2. The van der Waals surface area contributed by atoms with Crippen LogP contribution < -0.4 is 21.3 Å². The summed E-state index contributed by atoms with van der Waals surface area (Å²) in [5, 5.41) is 12.4. The number of carbonyl (C=O) groups excluding carboxylic acids is 4. The highest BCUT2D eigenvalue weighted by Gasteiger charge is 2.47. The Bertz CT molecular complexity index is 1870. The molecule has 298 valence electrons. The highest BCUT2D eigenvalue weighted by molar-refractivity contribution is 5.97. The first kappa shape index (κ1) is 41.5. The summed E-state index contributed by atoms with van der Waals surface area (Å²) < 4.78 is 50.0. The number of allylic oxidation sites excluding steroid dienone is 1. The Balaban J connectivity index is 1.48. The second kappa shape index (κ2) is 17.9. The summed E-state index contributed by atoms with van der Waals surface area (Å²) in [6, 6.07) is 9.37. The van der Waals surface area contributed by atoms with E-state index in [0.29, 0.717) is 48.8 Å². The number of alkyl halides is 2. The topological polar surface area (TPSA) is 141 Å². The highest BCUT2D eigenvalue weighted by Crippen LogP contribution is 2.40. The number of hydrogen-bond donors (Lipinski definition) is 5. The van der Waals surface area contributed by atoms with Crippen LogP contribution in [-0.2, 0) is 49.1 Å². The number of hydrogen-bond acceptors (Lipinski definition) is 5. The second-order valence-corrected chi connectivity index (χ2v) is 15.2. The summed E-state index contributed by atoms with van der Waals surface area (Å²) in [4.78, 5) is 58.9. The van der Waals surface area contributed by atoms with Crippen LogP contribution >= 0.6 is 0 Å². The lowest BCUT2D eigenvalue weighted by molar-refractivity contribution is -0.138. The molecule has 5 rings (SSSR count). The predicted molar refractivity (Wildman–Crippen MR) is 204 cm³/mol. The van der Waals surface area contributed by atoms with Crippen molar-refractivity contribution in [1.82, 2.24) is 26.3 Å². The number of aromatic amines is 1. The fourth-order valence-corrected chi connectivity index (χ4v) is 7.55. The van der Waals surface area contributed by atoms with E-state index in [9.17, 15) is 23.6 Å². The van der Waals surface area contributed by atoms with Crippen LogP contribution in [0.15, 0.2) is 55.1 Å². The van der Waals surface area contributed by atoms with Gasteiger partial charge in [-0.3, -0.25) is 19.2 Å². The van der Waals surface area contributed by atoms with Crippen LogP contribution in [0.1, 0.15) is 88.6 Å². The van der Waals surface area contributed by atoms with Gasteiger partial charge in [0.1, 0.15) is 23.6 Å². The molecule has 5 N–H and O–H groups in total. The van der Waals surface area contributed by atoms with Gasteiger partial charge in [0.2, 0.25) is 23.6 Å². The third-order valence-electron chi connectivity index (χ3n) is 11.5. The van der Waals surface area contributed by atoms with Crippen LogP contribution in [0.5, 0.6) is 0 Å². The fourth-order valence-electron chi connectivity index (χ4n) is 7.55. The summed E-state index contributed by atoms with van der Waals surface area (Å²) in [5.74, 6) is -6.20. The molecule has 2 heterocycles. The molecule has 1 aromatic heterocycles. The Morgan fingerprint density at radius 1 is 0.982 bits per heavy atom. The molecule has 4 amide bonds. The molecule has 3 aromatic rings. The zero-order chi connectivity index (χ0) is 39.9. The van der Waals surface area contributed by atoms with E-state index < -0.39 is 47.2 Å². The fraction of sp³-hybridized carbons (Fsp3) is 0.524. The van der Waals surface area contributed by atoms with Crippen molar-refractivity contribution in [2.24, 2.45) is 17.8 Å². The molecule has 10 nitrogen and oxygen atoms in total. The minimum Gasteiger partial charge on any atom is -0.381 e. The Morgan fingerprint density at radius 2 is 1.69 bits per heavy atom. The van der Waals surface area contributed by atoms with Crippen molar-refractivity contribution in [3.8, 4) is 0 Å². The van der Waals surface area contributed by atoms with Crippen LogP contribution in [0.4, 0.5) is 13.2 Å². The molecule has 1 aliphatic heterocycles. The Labute approximate surface area is 320 Å². The number of benzene rings is 2. The quantitative estimate of drug-likeness (QED) is 0.0883. The van der Waals surface area contributed by atoms with Crippen LogP contribution in [0.25, 0.3) is 10.9 Å². The molecule has 0 saturated carbocycles. The summed E-state index contributed by atoms with van der Waals surface area (Å²) in [7, 11) is 0. The van der Waals surface area contributed by atoms with E-state index in [1.165, 1.54) is 30.3 Å². The molecule has 1 fully saturated rings. The van der Waals surface area contributed by atoms with Crippen LogP contribution in [0, 0.1) is 23.6 Å². The number of ether oxygens (including phenoxy) is 1. The minimum absolute atomic E-state index is 0.0529. The lowest BCUT2D eigenvalue weighted by Crippen LogP contribution is -2.67. The first-order chi connectivity index (χ1) is 26.2. The average Bonchev–Trinajstić information content (AvgIpc) is 3.54. The number of fused-ring (bicyclic) bond motifs is 3. The minimum atomic E-state index is -3.33. The van der Waals surface area contributed by atoms with Gasteiger partial charge in [-0.1, -0.05) is 77.1 Å². The molecule has 0 bridgehead atoms. The molecule has 5 atom stereocenters. The number of aromatic nitrogens is 1. The van der Waals surface area contributed by atoms with Crippen LogP contribution in [0.3, 0.4) is 0 Å². The Hall–Kier alpha value is -4.65. The normalized spacial score (nSPS) is 19.7. The zero-order valence-electron chi connectivity index (χ0n) is 32.2. The zero-order valence-corrected chi connectivity index (χ0v) is 32.2. The molecule has 1 aliphatic carbocycles. The van der Waals surface area contributed by atoms with E-state index in [1.54, 1.807) is 19.1 Å². The van der Waals surface area contributed by atoms with E-state index in [0.717, 1.165) is 12.8 Å². The lowest BCUT2D eigenvalue weighted by atomic mass is 9.78. The molecule has 0 radical (unpaired) electrons. The van der Waals surface area contributed by atoms with Crippen LogP contribution in [0.2, 0.25) is 0 Å². The number of nitrogens with one attached hydrogen (secondary N) is 5. The van der Waals surface area contributed by atoms with Crippen molar-refractivity contribution in [1.29, 1.82) is 0 Å². The summed E-state index contributed by atoms with van der Waals surface area (Å²) in [6.45, 7) is 12.0. The van der Waals surface area contributed by atoms with Gasteiger partial charge in [-0.15, -0.1) is 0 Å². The van der Waals surface area contributed by atoms with Gasteiger partial charge in [0.05, 0.1) is 11.9 Å². The Morgan fingerprint density at radius 3 is 2.36 bits per heavy atom. The molecule has 55 heavy (non-hydrogen) atoms. The van der Waals surface area contributed by atoms with E-state index in [1.807, 2.05) is 20.8 Å². The van der Waals surface area contributed by atoms with Gasteiger partial charge in [-0.05, 0) is 73.1 Å². The molecule has 13 heteroatoms. The summed E-state index contributed by atoms with van der Waals surface area (Å²) in [5.41, 5.74) is -0.196. The van der Waals surface area contributed by atoms with Crippen LogP contribution in [-0.4, -0.2) is 59.6 Å². The van der Waals surface area contributed by atoms with E-state index in [-0.39, 0.29) is 72.4 Å². The van der Waals surface area contributed by atoms with Gasteiger partial charge >= 0.3 is 0 Å². The first-order valence-corrected chi connectivity index (χ1v) is 19.4. The SMILES string of the molecule is C=CC(F)(F)c1cccc2c3c([nH]c12)CC[C@](NC(=O)[C@@H](NC(=O)Cc1ccccc1F)C(C)CC)(C(=O)N[C@H](NC(=O)CC1CCOCC1)C(C)CC)C3. The number of halogens is 3. The third-order valence-corrected chi connectivity index (χ3v) is 11.5. The lowest BCUT2D eigenvalue weighted by Gasteiger charge is -2.40. The van der Waals surface area contributed by atoms with E-state index >= 15 is 8.78 Å². The third kappa shape index (κ3) is 9.60. The van der Waals surface area contributed by atoms with Gasteiger partial charge in [-0.25, -0.2) is 4.39 Å². The smallest absolute Gasteiger partial charge is 0.293 e. The number of rotatable bonds is 16. The first-order valence-electron chi connectivity index (χ1n) is 19.4. The van der Waals surface area contributed by atoms with Crippen molar-refractivity contribution in [2.45, 2.75) is 109 Å². The maximum absolute atomic E-state index is 15.0. The molecular formula is C42H54F3N5O5. The number of para-hydroxylation sites is 1. The highest BCUT2D eigenvalue weighted by atomic mass is 19.3. The van der Waals surface area contributed by atoms with Crippen molar-refractivity contribution in [2.75, 3.05) is 13.2 Å². The summed E-state index contributed by atoms with van der Waals surface area (Å²) >= 11 is 0. The molecule has 1 saturated heterocycles. The largest absolute Gasteiger partial charge is 0.381 e. The van der Waals surface area contributed by atoms with Gasteiger partial charge in [0.25, 0.3) is 5.92 Å². The summed E-state index contributed by atoms with van der Waals surface area (Å²) in [6.07, 6.45) is 2.74. The maximum atomic E-state index is 15.0. The number of carbonyl (C=O) groups is 4. The maximum Gasteiger partial charge on any atom is 0.293 e. The van der Waals surface area contributed by atoms with Gasteiger partial charge in [0.15, 0.2) is 0 Å². The van der Waals surface area contributed by atoms with E-state index in [4.69, 9.17) is 4.74 Å². The van der Waals surface area contributed by atoms with Gasteiger partial charge in [0, 0.05) is 42.7 Å². The monoisotopic (exact) mass is 765 g/mol. The molecule has 2 aromatic carbocycles.